The van der Waals surface area contributed by atoms with Gasteiger partial charge in [-0.1, -0.05) is 30.3 Å². The second kappa shape index (κ2) is 7.05. The fourth-order valence-corrected chi connectivity index (χ4v) is 3.36. The molecule has 0 amide bonds. The normalized spacial score (nSPS) is 28.8. The highest BCUT2D eigenvalue weighted by Crippen LogP contribution is 2.35. The van der Waals surface area contributed by atoms with Crippen LogP contribution in [0.1, 0.15) is 31.7 Å². The molecule has 4 heteroatoms. The lowest BCUT2D eigenvalue weighted by Gasteiger charge is -2.29. The zero-order chi connectivity index (χ0) is 15.4. The first-order valence-corrected chi connectivity index (χ1v) is 8.17. The molecule has 3 atom stereocenters. The number of nitrogens with zero attached hydrogens (tertiary/aromatic N) is 1. The summed E-state index contributed by atoms with van der Waals surface area (Å²) in [5.74, 6) is -0.471. The van der Waals surface area contributed by atoms with Gasteiger partial charge in [0.15, 0.2) is 0 Å². The van der Waals surface area contributed by atoms with Crippen molar-refractivity contribution in [3.05, 3.63) is 35.9 Å². The van der Waals surface area contributed by atoms with E-state index in [1.54, 1.807) is 0 Å². The Labute approximate surface area is 131 Å². The Morgan fingerprint density at radius 3 is 2.91 bits per heavy atom. The molecule has 1 unspecified atom stereocenters. The molecule has 2 bridgehead atoms. The highest BCUT2D eigenvalue weighted by atomic mass is 16.5. The smallest absolute Gasteiger partial charge is 0.317 e. The minimum Gasteiger partial charge on any atom is -0.465 e. The Bertz CT molecular complexity index is 541. The van der Waals surface area contributed by atoms with Crippen molar-refractivity contribution in [2.75, 3.05) is 13.2 Å². The van der Waals surface area contributed by atoms with Gasteiger partial charge >= 0.3 is 5.97 Å². The summed E-state index contributed by atoms with van der Waals surface area (Å²) in [6, 6.07) is 10.3. The van der Waals surface area contributed by atoms with Crippen molar-refractivity contribution in [2.24, 2.45) is 10.9 Å². The molecular formula is C18H23NO3. The predicted molar refractivity (Wildman–Crippen MR) is 85.1 cm³/mol. The van der Waals surface area contributed by atoms with Crippen molar-refractivity contribution >= 4 is 11.7 Å². The van der Waals surface area contributed by atoms with Crippen LogP contribution >= 0.6 is 0 Å². The maximum atomic E-state index is 12.2. The monoisotopic (exact) mass is 301 g/mol. The van der Waals surface area contributed by atoms with E-state index < -0.39 is 0 Å². The Kier molecular flexibility index (Phi) is 4.88. The quantitative estimate of drug-likeness (QED) is 0.786. The lowest BCUT2D eigenvalue weighted by Crippen LogP contribution is -2.41. The Morgan fingerprint density at radius 1 is 1.32 bits per heavy atom. The van der Waals surface area contributed by atoms with Crippen LogP contribution in [-0.4, -0.2) is 37.0 Å². The summed E-state index contributed by atoms with van der Waals surface area (Å²) in [7, 11) is 0. The van der Waals surface area contributed by atoms with Gasteiger partial charge in [-0.2, -0.15) is 0 Å². The molecular weight excluding hydrogens is 278 g/mol. The molecule has 2 heterocycles. The summed E-state index contributed by atoms with van der Waals surface area (Å²) in [5, 5.41) is 0. The summed E-state index contributed by atoms with van der Waals surface area (Å²) < 4.78 is 11.1. The molecule has 3 rings (SSSR count). The van der Waals surface area contributed by atoms with Gasteiger partial charge in [0.05, 0.1) is 18.8 Å². The Balaban J connectivity index is 1.68. The van der Waals surface area contributed by atoms with Gasteiger partial charge in [0.2, 0.25) is 0 Å². The van der Waals surface area contributed by atoms with Crippen molar-refractivity contribution in [2.45, 2.75) is 44.8 Å². The number of benzene rings is 1. The van der Waals surface area contributed by atoms with Crippen LogP contribution in [0.5, 0.6) is 0 Å². The average molecular weight is 301 g/mol. The van der Waals surface area contributed by atoms with Crippen LogP contribution in [0, 0.1) is 5.92 Å². The van der Waals surface area contributed by atoms with Gasteiger partial charge in [0.1, 0.15) is 5.92 Å². The zero-order valence-electron chi connectivity index (χ0n) is 13.0. The molecule has 0 N–H and O–H groups in total. The van der Waals surface area contributed by atoms with Crippen LogP contribution in [0.25, 0.3) is 0 Å². The summed E-state index contributed by atoms with van der Waals surface area (Å²) in [6.45, 7) is 2.96. The summed E-state index contributed by atoms with van der Waals surface area (Å²) >= 11 is 0. The number of fused-ring (bicyclic) bond motifs is 2. The fraction of sp³-hybridized carbons (Fsp3) is 0.556. The molecule has 0 radical (unpaired) electrons. The van der Waals surface area contributed by atoms with Crippen molar-refractivity contribution in [1.29, 1.82) is 0 Å². The molecule has 118 valence electrons. The maximum Gasteiger partial charge on any atom is 0.317 e. The van der Waals surface area contributed by atoms with E-state index in [1.807, 2.05) is 25.1 Å². The van der Waals surface area contributed by atoms with Crippen molar-refractivity contribution < 1.29 is 14.3 Å². The second-order valence-electron chi connectivity index (χ2n) is 5.92. The first kappa shape index (κ1) is 15.2. The number of hydrogen-bond acceptors (Lipinski definition) is 4. The molecule has 2 saturated heterocycles. The summed E-state index contributed by atoms with van der Waals surface area (Å²) in [4.78, 5) is 17.0. The number of carbonyl (C=O) groups is 1. The minimum absolute atomic E-state index is 0.0340. The Hall–Kier alpha value is -1.68. The highest BCUT2D eigenvalue weighted by Gasteiger charge is 2.45. The zero-order valence-corrected chi connectivity index (χ0v) is 13.0. The molecule has 2 fully saturated rings. The van der Waals surface area contributed by atoms with Gasteiger partial charge in [0.25, 0.3) is 0 Å². The van der Waals surface area contributed by atoms with Gasteiger partial charge in [-0.3, -0.25) is 9.79 Å². The standard InChI is InChI=1S/C18H23NO3/c1-2-21-18(20)17-15(12-14-8-9-16(17)22-14)19-11-10-13-6-4-3-5-7-13/h3-7,14,16-17H,2,8-12H2,1H3/t14-,16-,17?/m0/s1. The van der Waals surface area contributed by atoms with Crippen LogP contribution in [0.2, 0.25) is 0 Å². The molecule has 4 nitrogen and oxygen atoms in total. The van der Waals surface area contributed by atoms with Gasteiger partial charge in [0, 0.05) is 18.7 Å². The molecule has 0 aromatic heterocycles. The van der Waals surface area contributed by atoms with Gasteiger partial charge in [-0.25, -0.2) is 0 Å². The molecule has 0 saturated carbocycles. The van der Waals surface area contributed by atoms with Gasteiger partial charge in [-0.15, -0.1) is 0 Å². The first-order valence-electron chi connectivity index (χ1n) is 8.17. The number of aliphatic imine (C=N–C) groups is 1. The largest absolute Gasteiger partial charge is 0.465 e. The van der Waals surface area contributed by atoms with E-state index in [9.17, 15) is 4.79 Å². The summed E-state index contributed by atoms with van der Waals surface area (Å²) in [5.41, 5.74) is 2.25. The van der Waals surface area contributed by atoms with E-state index >= 15 is 0 Å². The van der Waals surface area contributed by atoms with E-state index in [-0.39, 0.29) is 24.1 Å². The predicted octanol–water partition coefficient (Wildman–Crippen LogP) is 2.80. The third-order valence-electron chi connectivity index (χ3n) is 4.41. The molecule has 1 aromatic rings. The second-order valence-corrected chi connectivity index (χ2v) is 5.92. The molecule has 1 aromatic carbocycles. The fourth-order valence-electron chi connectivity index (χ4n) is 3.36. The van der Waals surface area contributed by atoms with E-state index in [4.69, 9.17) is 14.5 Å². The molecule has 0 spiro atoms. The maximum absolute atomic E-state index is 12.2. The topological polar surface area (TPSA) is 47.9 Å². The van der Waals surface area contributed by atoms with Crippen molar-refractivity contribution in [3.8, 4) is 0 Å². The van der Waals surface area contributed by atoms with Crippen LogP contribution in [0.3, 0.4) is 0 Å². The van der Waals surface area contributed by atoms with Crippen LogP contribution < -0.4 is 0 Å². The third kappa shape index (κ3) is 3.38. The van der Waals surface area contributed by atoms with E-state index in [0.717, 1.165) is 31.4 Å². The first-order chi connectivity index (χ1) is 10.8. The Morgan fingerprint density at radius 2 is 2.14 bits per heavy atom. The molecule has 0 aliphatic carbocycles. The van der Waals surface area contributed by atoms with Crippen LogP contribution in [0.4, 0.5) is 0 Å². The van der Waals surface area contributed by atoms with Gasteiger partial charge < -0.3 is 9.47 Å². The van der Waals surface area contributed by atoms with Crippen LogP contribution in [0.15, 0.2) is 35.3 Å². The lowest BCUT2D eigenvalue weighted by atomic mass is 9.93. The number of ether oxygens (including phenoxy) is 2. The molecule has 22 heavy (non-hydrogen) atoms. The summed E-state index contributed by atoms with van der Waals surface area (Å²) in [6.07, 6.45) is 3.84. The average Bonchev–Trinajstić information content (AvgIpc) is 2.90. The van der Waals surface area contributed by atoms with Gasteiger partial charge in [-0.05, 0) is 31.7 Å². The SMILES string of the molecule is CCOC(=O)C1C(=NCCc2ccccc2)C[C@@H]2CC[C@@H]1O2. The van der Waals surface area contributed by atoms with E-state index in [2.05, 4.69) is 12.1 Å². The van der Waals surface area contributed by atoms with Crippen molar-refractivity contribution in [3.63, 3.8) is 0 Å². The molecule has 2 aliphatic rings. The highest BCUT2D eigenvalue weighted by molar-refractivity contribution is 6.03. The number of rotatable bonds is 5. The number of carbonyl (C=O) groups excluding carboxylic acids is 1. The number of esters is 1. The minimum atomic E-state index is -0.297. The molecule has 2 aliphatic heterocycles. The lowest BCUT2D eigenvalue weighted by molar-refractivity contribution is -0.150. The van der Waals surface area contributed by atoms with Crippen molar-refractivity contribution in [1.82, 2.24) is 0 Å². The third-order valence-corrected chi connectivity index (χ3v) is 4.41. The van der Waals surface area contributed by atoms with Crippen LogP contribution in [-0.2, 0) is 20.7 Å². The van der Waals surface area contributed by atoms with E-state index in [1.165, 1.54) is 5.56 Å². The van der Waals surface area contributed by atoms with E-state index in [0.29, 0.717) is 13.2 Å². The number of hydrogen-bond donors (Lipinski definition) is 0.